The van der Waals surface area contributed by atoms with Crippen LogP contribution in [0.1, 0.15) is 31.2 Å². The number of hydrogen-bond acceptors (Lipinski definition) is 2. The summed E-state index contributed by atoms with van der Waals surface area (Å²) in [4.78, 5) is 0. The molecule has 1 aliphatic carbocycles. The van der Waals surface area contributed by atoms with Crippen molar-refractivity contribution < 1.29 is 4.74 Å². The largest absolute Gasteiger partial charge is 0.491 e. The predicted molar refractivity (Wildman–Crippen MR) is 76.5 cm³/mol. The molecule has 3 heteroatoms. The van der Waals surface area contributed by atoms with Gasteiger partial charge in [-0.1, -0.05) is 30.5 Å². The summed E-state index contributed by atoms with van der Waals surface area (Å²) >= 11 is 6.10. The van der Waals surface area contributed by atoms with E-state index in [0.717, 1.165) is 30.3 Å². The lowest BCUT2D eigenvalue weighted by Gasteiger charge is -2.12. The van der Waals surface area contributed by atoms with Gasteiger partial charge in [0.2, 0.25) is 0 Å². The fraction of sp³-hybridized carbons (Fsp3) is 0.600. The lowest BCUT2D eigenvalue weighted by atomic mass is 10.1. The Balaban J connectivity index is 1.62. The average Bonchev–Trinajstić information content (AvgIpc) is 2.84. The van der Waals surface area contributed by atoms with Gasteiger partial charge in [-0.3, -0.25) is 0 Å². The van der Waals surface area contributed by atoms with Gasteiger partial charge < -0.3 is 10.1 Å². The van der Waals surface area contributed by atoms with Crippen LogP contribution in [0.15, 0.2) is 18.2 Å². The summed E-state index contributed by atoms with van der Waals surface area (Å²) in [5.41, 5.74) is 1.16. The van der Waals surface area contributed by atoms with Crippen LogP contribution in [0.25, 0.3) is 0 Å². The zero-order chi connectivity index (χ0) is 12.8. The Hall–Kier alpha value is -0.730. The number of benzene rings is 1. The second-order valence-corrected chi connectivity index (χ2v) is 5.54. The van der Waals surface area contributed by atoms with Crippen LogP contribution in [-0.4, -0.2) is 19.7 Å². The maximum Gasteiger partial charge on any atom is 0.137 e. The van der Waals surface area contributed by atoms with Gasteiger partial charge in [-0.2, -0.15) is 0 Å². The van der Waals surface area contributed by atoms with Gasteiger partial charge in [0.15, 0.2) is 0 Å². The zero-order valence-corrected chi connectivity index (χ0v) is 11.8. The van der Waals surface area contributed by atoms with Crippen molar-refractivity contribution >= 4 is 11.6 Å². The van der Waals surface area contributed by atoms with E-state index in [1.165, 1.54) is 25.7 Å². The molecule has 1 N–H and O–H groups in total. The van der Waals surface area contributed by atoms with Crippen LogP contribution in [0.3, 0.4) is 0 Å². The summed E-state index contributed by atoms with van der Waals surface area (Å²) in [6, 6.07) is 5.89. The number of nitrogens with one attached hydrogen (secondary N) is 1. The van der Waals surface area contributed by atoms with Crippen molar-refractivity contribution in [1.82, 2.24) is 5.32 Å². The molecule has 0 unspecified atom stereocenters. The number of aryl methyl sites for hydroxylation is 1. The first-order valence-corrected chi connectivity index (χ1v) is 7.23. The third kappa shape index (κ3) is 4.18. The molecular formula is C15H22ClNO. The Morgan fingerprint density at radius 3 is 2.83 bits per heavy atom. The van der Waals surface area contributed by atoms with Crippen LogP contribution in [0.2, 0.25) is 5.02 Å². The Morgan fingerprint density at radius 2 is 2.11 bits per heavy atom. The third-order valence-electron chi connectivity index (χ3n) is 3.53. The highest BCUT2D eigenvalue weighted by atomic mass is 35.5. The van der Waals surface area contributed by atoms with Crippen LogP contribution in [0.4, 0.5) is 0 Å². The van der Waals surface area contributed by atoms with Crippen LogP contribution in [0, 0.1) is 12.8 Å². The van der Waals surface area contributed by atoms with Gasteiger partial charge in [-0.05, 0) is 49.9 Å². The predicted octanol–water partition coefficient (Wildman–Crippen LogP) is 3.81. The molecule has 0 bridgehead atoms. The summed E-state index contributed by atoms with van der Waals surface area (Å²) in [5, 5.41) is 4.16. The van der Waals surface area contributed by atoms with Crippen LogP contribution < -0.4 is 10.1 Å². The molecule has 0 atom stereocenters. The molecule has 100 valence electrons. The van der Waals surface area contributed by atoms with E-state index in [-0.39, 0.29) is 0 Å². The summed E-state index contributed by atoms with van der Waals surface area (Å²) in [5.74, 6) is 1.66. The lowest BCUT2D eigenvalue weighted by molar-refractivity contribution is 0.309. The van der Waals surface area contributed by atoms with Crippen LogP contribution in [-0.2, 0) is 0 Å². The van der Waals surface area contributed by atoms with E-state index in [1.807, 2.05) is 25.1 Å². The highest BCUT2D eigenvalue weighted by Crippen LogP contribution is 2.25. The fourth-order valence-electron chi connectivity index (χ4n) is 2.48. The zero-order valence-electron chi connectivity index (χ0n) is 11.0. The van der Waals surface area contributed by atoms with Gasteiger partial charge in [0.25, 0.3) is 0 Å². The van der Waals surface area contributed by atoms with Gasteiger partial charge in [-0.15, -0.1) is 0 Å². The van der Waals surface area contributed by atoms with E-state index in [0.29, 0.717) is 11.6 Å². The molecule has 1 saturated carbocycles. The molecule has 1 aromatic rings. The van der Waals surface area contributed by atoms with Gasteiger partial charge in [-0.25, -0.2) is 0 Å². The first kappa shape index (κ1) is 13.7. The highest BCUT2D eigenvalue weighted by molar-refractivity contribution is 6.32. The standard InChI is InChI=1S/C15H22ClNO/c1-12-6-7-15(14(16)10-12)18-9-8-17-11-13-4-2-3-5-13/h6-7,10,13,17H,2-5,8-9,11H2,1H3. The molecule has 0 spiro atoms. The summed E-state index contributed by atoms with van der Waals surface area (Å²) in [7, 11) is 0. The molecule has 1 aliphatic rings. The Morgan fingerprint density at radius 1 is 1.33 bits per heavy atom. The Bertz CT molecular complexity index is 375. The number of halogens is 1. The van der Waals surface area contributed by atoms with E-state index < -0.39 is 0 Å². The van der Waals surface area contributed by atoms with Crippen molar-refractivity contribution in [3.05, 3.63) is 28.8 Å². The average molecular weight is 268 g/mol. The van der Waals surface area contributed by atoms with E-state index in [2.05, 4.69) is 5.32 Å². The molecule has 0 aromatic heterocycles. The van der Waals surface area contributed by atoms with E-state index in [1.54, 1.807) is 0 Å². The van der Waals surface area contributed by atoms with Crippen molar-refractivity contribution in [2.45, 2.75) is 32.6 Å². The van der Waals surface area contributed by atoms with Gasteiger partial charge in [0.1, 0.15) is 12.4 Å². The fourth-order valence-corrected chi connectivity index (χ4v) is 2.77. The Labute approximate surface area is 115 Å². The monoisotopic (exact) mass is 267 g/mol. The summed E-state index contributed by atoms with van der Waals surface area (Å²) in [6.07, 6.45) is 5.58. The smallest absolute Gasteiger partial charge is 0.137 e. The topological polar surface area (TPSA) is 21.3 Å². The quantitative estimate of drug-likeness (QED) is 0.792. The Kier molecular flexibility index (Phi) is 5.33. The molecule has 0 heterocycles. The molecule has 18 heavy (non-hydrogen) atoms. The first-order valence-electron chi connectivity index (χ1n) is 6.85. The minimum absolute atomic E-state index is 0.676. The number of rotatable bonds is 6. The maximum atomic E-state index is 6.10. The highest BCUT2D eigenvalue weighted by Gasteiger charge is 2.13. The van der Waals surface area contributed by atoms with Gasteiger partial charge in [0, 0.05) is 6.54 Å². The molecular weight excluding hydrogens is 246 g/mol. The molecule has 0 amide bonds. The molecule has 1 aromatic carbocycles. The lowest BCUT2D eigenvalue weighted by Crippen LogP contribution is -2.26. The molecule has 1 fully saturated rings. The second-order valence-electron chi connectivity index (χ2n) is 5.14. The van der Waals surface area contributed by atoms with Gasteiger partial charge in [0.05, 0.1) is 5.02 Å². The summed E-state index contributed by atoms with van der Waals surface area (Å²) < 4.78 is 5.66. The van der Waals surface area contributed by atoms with Crippen molar-refractivity contribution in [1.29, 1.82) is 0 Å². The normalized spacial score (nSPS) is 16.1. The van der Waals surface area contributed by atoms with E-state index in [4.69, 9.17) is 16.3 Å². The van der Waals surface area contributed by atoms with E-state index >= 15 is 0 Å². The van der Waals surface area contributed by atoms with Crippen molar-refractivity contribution in [2.75, 3.05) is 19.7 Å². The number of hydrogen-bond donors (Lipinski definition) is 1. The number of ether oxygens (including phenoxy) is 1. The minimum atomic E-state index is 0.676. The first-order chi connectivity index (χ1) is 8.75. The molecule has 0 aliphatic heterocycles. The molecule has 2 nitrogen and oxygen atoms in total. The van der Waals surface area contributed by atoms with Gasteiger partial charge >= 0.3 is 0 Å². The SMILES string of the molecule is Cc1ccc(OCCNCC2CCCC2)c(Cl)c1. The maximum absolute atomic E-state index is 6.10. The van der Waals surface area contributed by atoms with E-state index in [9.17, 15) is 0 Å². The minimum Gasteiger partial charge on any atom is -0.491 e. The molecule has 2 rings (SSSR count). The summed E-state index contributed by atoms with van der Waals surface area (Å²) in [6.45, 7) is 4.72. The molecule has 0 saturated heterocycles. The van der Waals surface area contributed by atoms with Crippen LogP contribution >= 0.6 is 11.6 Å². The van der Waals surface area contributed by atoms with Crippen molar-refractivity contribution in [3.63, 3.8) is 0 Å². The third-order valence-corrected chi connectivity index (χ3v) is 3.83. The second kappa shape index (κ2) is 7.01. The van der Waals surface area contributed by atoms with Crippen molar-refractivity contribution in [2.24, 2.45) is 5.92 Å². The van der Waals surface area contributed by atoms with Crippen LogP contribution in [0.5, 0.6) is 5.75 Å². The van der Waals surface area contributed by atoms with Crippen molar-refractivity contribution in [3.8, 4) is 5.75 Å². The molecule has 0 radical (unpaired) electrons.